The van der Waals surface area contributed by atoms with E-state index >= 15 is 0 Å². The molecule has 0 saturated carbocycles. The van der Waals surface area contributed by atoms with Crippen molar-refractivity contribution in [3.63, 3.8) is 0 Å². The van der Waals surface area contributed by atoms with Crippen LogP contribution in [-0.2, 0) is 9.59 Å². The van der Waals surface area contributed by atoms with Gasteiger partial charge in [-0.05, 0) is 42.5 Å². The highest BCUT2D eigenvalue weighted by atomic mass is 16.4. The second-order valence-corrected chi connectivity index (χ2v) is 8.13. The Balaban J connectivity index is 1.50. The number of aliphatic carboxylic acids is 2. The van der Waals surface area contributed by atoms with Gasteiger partial charge in [0, 0.05) is 29.1 Å². The van der Waals surface area contributed by atoms with Crippen LogP contribution < -0.4 is 16.0 Å². The van der Waals surface area contributed by atoms with Gasteiger partial charge in [0.05, 0.1) is 22.9 Å². The molecule has 2 aromatic carbocycles. The fourth-order valence-corrected chi connectivity index (χ4v) is 4.14. The maximum absolute atomic E-state index is 12.5. The van der Waals surface area contributed by atoms with E-state index in [9.17, 15) is 19.8 Å². The SMILES string of the molecule is O=C(O)C1(Nc2cnc3ccccc3c2)C=CCC(Nc2ccc3ncccc3c2)(C(=O)O)N1. The second-order valence-electron chi connectivity index (χ2n) is 8.13. The number of carboxylic acids is 2. The summed E-state index contributed by atoms with van der Waals surface area (Å²) in [5.74, 6) is -2.53. The van der Waals surface area contributed by atoms with E-state index in [1.165, 1.54) is 18.3 Å². The number of para-hydroxylation sites is 1. The minimum Gasteiger partial charge on any atom is -0.478 e. The summed E-state index contributed by atoms with van der Waals surface area (Å²) in [5, 5.41) is 30.7. The number of rotatable bonds is 6. The van der Waals surface area contributed by atoms with Crippen LogP contribution in [0.2, 0.25) is 0 Å². The summed E-state index contributed by atoms with van der Waals surface area (Å²) in [6, 6.07) is 18.1. The average molecular weight is 455 g/mol. The summed E-state index contributed by atoms with van der Waals surface area (Å²) in [6.45, 7) is 0. The fraction of sp³-hybridized carbons (Fsp3) is 0.120. The smallest absolute Gasteiger partial charge is 0.348 e. The molecule has 4 aromatic rings. The average Bonchev–Trinajstić information content (AvgIpc) is 2.84. The molecule has 170 valence electrons. The highest BCUT2D eigenvalue weighted by molar-refractivity contribution is 5.91. The predicted molar refractivity (Wildman–Crippen MR) is 128 cm³/mol. The quantitative estimate of drug-likeness (QED) is 0.277. The normalized spacial score (nSPS) is 21.9. The number of carbonyl (C=O) groups is 2. The monoisotopic (exact) mass is 455 g/mol. The molecule has 0 bridgehead atoms. The van der Waals surface area contributed by atoms with Gasteiger partial charge in [-0.15, -0.1) is 0 Å². The molecule has 34 heavy (non-hydrogen) atoms. The summed E-state index contributed by atoms with van der Waals surface area (Å²) in [6.07, 6.45) is 6.16. The maximum atomic E-state index is 12.5. The molecule has 0 fully saturated rings. The zero-order valence-corrected chi connectivity index (χ0v) is 17.9. The van der Waals surface area contributed by atoms with Crippen LogP contribution in [0.1, 0.15) is 6.42 Å². The Morgan fingerprint density at radius 2 is 1.59 bits per heavy atom. The lowest BCUT2D eigenvalue weighted by Gasteiger charge is -2.43. The summed E-state index contributed by atoms with van der Waals surface area (Å²) in [7, 11) is 0. The van der Waals surface area contributed by atoms with Gasteiger partial charge in [-0.1, -0.05) is 30.3 Å². The lowest BCUT2D eigenvalue weighted by atomic mass is 9.93. The molecule has 3 heterocycles. The van der Waals surface area contributed by atoms with Gasteiger partial charge in [0.1, 0.15) is 0 Å². The molecule has 1 aliphatic rings. The Morgan fingerprint density at radius 3 is 2.38 bits per heavy atom. The third-order valence-electron chi connectivity index (χ3n) is 5.80. The Kier molecular flexibility index (Phi) is 5.10. The molecular formula is C25H21N5O4. The van der Waals surface area contributed by atoms with Gasteiger partial charge in [0.25, 0.3) is 0 Å². The molecule has 5 rings (SSSR count). The molecule has 1 aliphatic heterocycles. The number of fused-ring (bicyclic) bond motifs is 2. The molecule has 0 radical (unpaired) electrons. The lowest BCUT2D eigenvalue weighted by molar-refractivity contribution is -0.148. The van der Waals surface area contributed by atoms with Crippen LogP contribution in [0.4, 0.5) is 11.4 Å². The first kappa shape index (κ1) is 21.4. The van der Waals surface area contributed by atoms with Gasteiger partial charge < -0.3 is 20.8 Å². The van der Waals surface area contributed by atoms with Crippen LogP contribution in [0.15, 0.2) is 85.2 Å². The van der Waals surface area contributed by atoms with E-state index < -0.39 is 23.3 Å². The van der Waals surface area contributed by atoms with Crippen molar-refractivity contribution >= 4 is 45.1 Å². The van der Waals surface area contributed by atoms with Crippen molar-refractivity contribution in [2.75, 3.05) is 10.6 Å². The third kappa shape index (κ3) is 3.78. The molecule has 2 unspecified atom stereocenters. The number of carboxylic acid groups (broad SMARTS) is 2. The van der Waals surface area contributed by atoms with Gasteiger partial charge in [-0.25, -0.2) is 14.9 Å². The van der Waals surface area contributed by atoms with Crippen LogP contribution in [0.3, 0.4) is 0 Å². The molecular weight excluding hydrogens is 434 g/mol. The van der Waals surface area contributed by atoms with Crippen LogP contribution in [0, 0.1) is 0 Å². The van der Waals surface area contributed by atoms with Crippen molar-refractivity contribution in [3.8, 4) is 0 Å². The van der Waals surface area contributed by atoms with Gasteiger partial charge in [0.15, 0.2) is 5.66 Å². The minimum atomic E-state index is -1.90. The number of hydrogen-bond donors (Lipinski definition) is 5. The van der Waals surface area contributed by atoms with Gasteiger partial charge in [0.2, 0.25) is 5.66 Å². The lowest BCUT2D eigenvalue weighted by Crippen LogP contribution is -2.72. The third-order valence-corrected chi connectivity index (χ3v) is 5.80. The van der Waals surface area contributed by atoms with Gasteiger partial charge in [-0.3, -0.25) is 9.97 Å². The van der Waals surface area contributed by atoms with Gasteiger partial charge in [-0.2, -0.15) is 0 Å². The molecule has 9 heteroatoms. The van der Waals surface area contributed by atoms with Crippen molar-refractivity contribution in [2.24, 2.45) is 0 Å². The fourth-order valence-electron chi connectivity index (χ4n) is 4.14. The van der Waals surface area contributed by atoms with Crippen LogP contribution in [-0.4, -0.2) is 43.4 Å². The molecule has 9 nitrogen and oxygen atoms in total. The molecule has 2 aromatic heterocycles. The number of nitrogens with zero attached hydrogens (tertiary/aromatic N) is 2. The van der Waals surface area contributed by atoms with Crippen LogP contribution in [0.25, 0.3) is 21.8 Å². The Hall–Kier alpha value is -4.50. The van der Waals surface area contributed by atoms with Crippen LogP contribution >= 0.6 is 0 Å². The van der Waals surface area contributed by atoms with Gasteiger partial charge >= 0.3 is 11.9 Å². The van der Waals surface area contributed by atoms with Crippen molar-refractivity contribution in [2.45, 2.75) is 17.7 Å². The highest BCUT2D eigenvalue weighted by Gasteiger charge is 2.51. The highest BCUT2D eigenvalue weighted by Crippen LogP contribution is 2.29. The van der Waals surface area contributed by atoms with E-state index in [1.54, 1.807) is 36.5 Å². The van der Waals surface area contributed by atoms with E-state index in [1.807, 2.05) is 30.3 Å². The standard InChI is InChI=1S/C25H21N5O4/c31-22(32)24(28-18-8-9-21-17(13-18)6-3-12-26-21)10-4-11-25(30-24,23(33)34)29-19-14-16-5-1-2-7-20(16)27-15-19/h1-9,11-15,28-30H,10H2,(H,31,32)(H,33,34). The first-order chi connectivity index (χ1) is 16.4. The number of hydrogen-bond acceptors (Lipinski definition) is 7. The van der Waals surface area contributed by atoms with Crippen molar-refractivity contribution in [3.05, 3.63) is 85.2 Å². The zero-order chi connectivity index (χ0) is 23.8. The maximum Gasteiger partial charge on any atom is 0.348 e. The zero-order valence-electron chi connectivity index (χ0n) is 17.9. The Morgan fingerprint density at radius 1 is 0.853 bits per heavy atom. The molecule has 0 spiro atoms. The summed E-state index contributed by atoms with van der Waals surface area (Å²) >= 11 is 0. The van der Waals surface area contributed by atoms with E-state index in [0.717, 1.165) is 21.8 Å². The second kappa shape index (κ2) is 8.13. The topological polar surface area (TPSA) is 136 Å². The predicted octanol–water partition coefficient (Wildman–Crippen LogP) is 3.42. The number of nitrogens with one attached hydrogen (secondary N) is 3. The van der Waals surface area contributed by atoms with E-state index in [2.05, 4.69) is 25.9 Å². The number of anilines is 2. The van der Waals surface area contributed by atoms with E-state index in [-0.39, 0.29) is 6.42 Å². The molecule has 0 aliphatic carbocycles. The largest absolute Gasteiger partial charge is 0.478 e. The number of pyridine rings is 2. The summed E-state index contributed by atoms with van der Waals surface area (Å²) < 4.78 is 0. The van der Waals surface area contributed by atoms with Crippen LogP contribution in [0.5, 0.6) is 0 Å². The Bertz CT molecular complexity index is 1460. The molecule has 0 amide bonds. The van der Waals surface area contributed by atoms with E-state index in [4.69, 9.17) is 0 Å². The molecule has 0 saturated heterocycles. The first-order valence-corrected chi connectivity index (χ1v) is 10.6. The first-order valence-electron chi connectivity index (χ1n) is 10.6. The number of aromatic nitrogens is 2. The number of benzene rings is 2. The Labute approximate surface area is 194 Å². The van der Waals surface area contributed by atoms with Crippen molar-refractivity contribution in [1.82, 2.24) is 15.3 Å². The molecule has 2 atom stereocenters. The molecule has 5 N–H and O–H groups in total. The van der Waals surface area contributed by atoms with Crippen molar-refractivity contribution in [1.29, 1.82) is 0 Å². The summed E-state index contributed by atoms with van der Waals surface area (Å²) in [4.78, 5) is 33.6. The van der Waals surface area contributed by atoms with E-state index in [0.29, 0.717) is 11.4 Å². The van der Waals surface area contributed by atoms with Crippen molar-refractivity contribution < 1.29 is 19.8 Å². The minimum absolute atomic E-state index is 0.0140. The summed E-state index contributed by atoms with van der Waals surface area (Å²) in [5.41, 5.74) is -1.23.